The maximum absolute atomic E-state index is 12.5. The molecule has 0 spiro atoms. The van der Waals surface area contributed by atoms with E-state index in [0.29, 0.717) is 16.5 Å². The minimum atomic E-state index is -3.82. The van der Waals surface area contributed by atoms with Crippen LogP contribution in [0.15, 0.2) is 53.4 Å². The highest BCUT2D eigenvalue weighted by Crippen LogP contribution is 2.18. The number of nitrogens with one attached hydrogen (secondary N) is 1. The highest BCUT2D eigenvalue weighted by Gasteiger charge is 2.22. The largest absolute Gasteiger partial charge is 0.482 e. The van der Waals surface area contributed by atoms with Crippen LogP contribution in [0.25, 0.3) is 0 Å². The van der Waals surface area contributed by atoms with Crippen molar-refractivity contribution in [2.75, 3.05) is 32.6 Å². The first kappa shape index (κ1) is 21.7. The van der Waals surface area contributed by atoms with E-state index in [4.69, 9.17) is 16.3 Å². The van der Waals surface area contributed by atoms with Crippen LogP contribution in [0.2, 0.25) is 5.02 Å². The number of methoxy groups -OCH3 is 1. The van der Waals surface area contributed by atoms with Crippen molar-refractivity contribution in [2.45, 2.75) is 4.90 Å². The molecule has 0 radical (unpaired) electrons. The van der Waals surface area contributed by atoms with Crippen LogP contribution in [0.4, 0.5) is 5.69 Å². The van der Waals surface area contributed by atoms with Crippen molar-refractivity contribution in [3.8, 4) is 5.75 Å². The standard InChI is InChI=1S/C18H19ClN2O6S/c1-21(28(24,25)16-9-3-13(19)4-10-16)11-17(22)20-14-5-7-15(8-6-14)27-12-18(23)26-2/h3-10H,11-12H2,1-2H3,(H,20,22). The predicted molar refractivity (Wildman–Crippen MR) is 104 cm³/mol. The first-order valence-corrected chi connectivity index (χ1v) is 9.85. The molecule has 28 heavy (non-hydrogen) atoms. The zero-order valence-electron chi connectivity index (χ0n) is 15.2. The maximum atomic E-state index is 12.5. The number of benzene rings is 2. The fraction of sp³-hybridized carbons (Fsp3) is 0.222. The molecular formula is C18H19ClN2O6S. The molecule has 0 atom stereocenters. The Morgan fingerprint density at radius 2 is 1.68 bits per heavy atom. The summed E-state index contributed by atoms with van der Waals surface area (Å²) in [7, 11) is -1.25. The fourth-order valence-electron chi connectivity index (χ4n) is 2.11. The Bertz CT molecular complexity index is 930. The molecule has 150 valence electrons. The van der Waals surface area contributed by atoms with Crippen LogP contribution in [0.3, 0.4) is 0 Å². The predicted octanol–water partition coefficient (Wildman–Crippen LogP) is 2.15. The van der Waals surface area contributed by atoms with Crippen LogP contribution in [0, 0.1) is 0 Å². The summed E-state index contributed by atoms with van der Waals surface area (Å²) >= 11 is 5.77. The fourth-order valence-corrected chi connectivity index (χ4v) is 3.36. The second-order valence-corrected chi connectivity index (χ2v) is 8.13. The smallest absolute Gasteiger partial charge is 0.343 e. The quantitative estimate of drug-likeness (QED) is 0.649. The highest BCUT2D eigenvalue weighted by molar-refractivity contribution is 7.89. The minimum Gasteiger partial charge on any atom is -0.482 e. The van der Waals surface area contributed by atoms with Crippen molar-refractivity contribution in [2.24, 2.45) is 0 Å². The number of anilines is 1. The van der Waals surface area contributed by atoms with Gasteiger partial charge in [0.1, 0.15) is 5.75 Å². The number of nitrogens with zero attached hydrogens (tertiary/aromatic N) is 1. The van der Waals surface area contributed by atoms with Crippen molar-refractivity contribution < 1.29 is 27.5 Å². The van der Waals surface area contributed by atoms with E-state index in [9.17, 15) is 18.0 Å². The lowest BCUT2D eigenvalue weighted by Gasteiger charge is -2.17. The number of ether oxygens (including phenoxy) is 2. The van der Waals surface area contributed by atoms with Gasteiger partial charge in [-0.15, -0.1) is 0 Å². The molecule has 8 nitrogen and oxygen atoms in total. The van der Waals surface area contributed by atoms with E-state index >= 15 is 0 Å². The topological polar surface area (TPSA) is 102 Å². The summed E-state index contributed by atoms with van der Waals surface area (Å²) in [6.45, 7) is -0.596. The Morgan fingerprint density at radius 1 is 1.07 bits per heavy atom. The van der Waals surface area contributed by atoms with E-state index in [0.717, 1.165) is 4.31 Å². The zero-order chi connectivity index (χ0) is 20.7. The number of rotatable bonds is 8. The van der Waals surface area contributed by atoms with Crippen molar-refractivity contribution in [3.63, 3.8) is 0 Å². The van der Waals surface area contributed by atoms with E-state index in [-0.39, 0.29) is 18.0 Å². The molecule has 0 aliphatic heterocycles. The third kappa shape index (κ3) is 5.95. The summed E-state index contributed by atoms with van der Waals surface area (Å²) < 4.78 is 35.6. The summed E-state index contributed by atoms with van der Waals surface area (Å²) in [5, 5.41) is 3.01. The molecule has 0 saturated heterocycles. The van der Waals surface area contributed by atoms with Crippen LogP contribution in [0.1, 0.15) is 0 Å². The molecule has 1 N–H and O–H groups in total. The number of sulfonamides is 1. The Kier molecular flexibility index (Phi) is 7.38. The van der Waals surface area contributed by atoms with Crippen molar-refractivity contribution in [3.05, 3.63) is 53.6 Å². The summed E-state index contributed by atoms with van der Waals surface area (Å²) in [5.41, 5.74) is 0.452. The number of hydrogen-bond acceptors (Lipinski definition) is 6. The molecule has 0 unspecified atom stereocenters. The third-order valence-electron chi connectivity index (χ3n) is 3.61. The van der Waals surface area contributed by atoms with Gasteiger partial charge in [0.15, 0.2) is 6.61 Å². The zero-order valence-corrected chi connectivity index (χ0v) is 16.8. The minimum absolute atomic E-state index is 0.0410. The summed E-state index contributed by atoms with van der Waals surface area (Å²) in [6, 6.07) is 11.9. The van der Waals surface area contributed by atoms with Gasteiger partial charge in [-0.2, -0.15) is 4.31 Å². The lowest BCUT2D eigenvalue weighted by atomic mass is 10.3. The molecule has 0 bridgehead atoms. The molecule has 0 saturated carbocycles. The first-order chi connectivity index (χ1) is 13.2. The van der Waals surface area contributed by atoms with Crippen LogP contribution in [-0.4, -0.2) is 51.9 Å². The van der Waals surface area contributed by atoms with Gasteiger partial charge in [0.25, 0.3) is 0 Å². The van der Waals surface area contributed by atoms with Gasteiger partial charge in [-0.3, -0.25) is 4.79 Å². The Hall–Kier alpha value is -2.62. The lowest BCUT2D eigenvalue weighted by Crippen LogP contribution is -2.34. The van der Waals surface area contributed by atoms with Crippen molar-refractivity contribution >= 4 is 39.2 Å². The average molecular weight is 427 g/mol. The van der Waals surface area contributed by atoms with Gasteiger partial charge >= 0.3 is 5.97 Å². The number of carbonyl (C=O) groups excluding carboxylic acids is 2. The molecule has 0 aromatic heterocycles. The van der Waals surface area contributed by atoms with Gasteiger partial charge in [0, 0.05) is 17.8 Å². The molecule has 2 rings (SSSR count). The molecule has 0 aliphatic rings. The number of likely N-dealkylation sites (N-methyl/N-ethyl adjacent to an activating group) is 1. The number of amides is 1. The molecule has 0 heterocycles. The highest BCUT2D eigenvalue weighted by atomic mass is 35.5. The van der Waals surface area contributed by atoms with Gasteiger partial charge in [-0.25, -0.2) is 13.2 Å². The van der Waals surface area contributed by atoms with E-state index in [1.165, 1.54) is 38.4 Å². The number of halogens is 1. The summed E-state index contributed by atoms with van der Waals surface area (Å²) in [5.74, 6) is -0.601. The molecule has 0 fully saturated rings. The van der Waals surface area contributed by atoms with E-state index < -0.39 is 21.9 Å². The van der Waals surface area contributed by atoms with Gasteiger partial charge in [0.05, 0.1) is 18.6 Å². The first-order valence-electron chi connectivity index (χ1n) is 8.04. The van der Waals surface area contributed by atoms with Crippen LogP contribution in [0.5, 0.6) is 5.75 Å². The molecule has 2 aromatic rings. The number of hydrogen-bond donors (Lipinski definition) is 1. The van der Waals surface area contributed by atoms with Gasteiger partial charge in [0.2, 0.25) is 15.9 Å². The van der Waals surface area contributed by atoms with Crippen molar-refractivity contribution in [1.29, 1.82) is 0 Å². The second-order valence-electron chi connectivity index (χ2n) is 5.65. The average Bonchev–Trinajstić information content (AvgIpc) is 2.67. The van der Waals surface area contributed by atoms with E-state index in [1.54, 1.807) is 24.3 Å². The summed E-state index contributed by atoms with van der Waals surface area (Å²) in [6.07, 6.45) is 0. The van der Waals surface area contributed by atoms with Crippen LogP contribution >= 0.6 is 11.6 Å². The maximum Gasteiger partial charge on any atom is 0.343 e. The Balaban J connectivity index is 1.94. The Labute approximate surface area is 168 Å². The normalized spacial score (nSPS) is 11.1. The third-order valence-corrected chi connectivity index (χ3v) is 5.68. The van der Waals surface area contributed by atoms with Gasteiger partial charge in [-0.1, -0.05) is 11.6 Å². The van der Waals surface area contributed by atoms with Crippen LogP contribution < -0.4 is 10.1 Å². The molecule has 1 amide bonds. The number of carbonyl (C=O) groups is 2. The monoisotopic (exact) mass is 426 g/mol. The molecule has 0 aliphatic carbocycles. The molecule has 2 aromatic carbocycles. The molecular weight excluding hydrogens is 408 g/mol. The van der Waals surface area contributed by atoms with E-state index in [1.807, 2.05) is 0 Å². The van der Waals surface area contributed by atoms with Crippen molar-refractivity contribution in [1.82, 2.24) is 4.31 Å². The molecule has 10 heteroatoms. The van der Waals surface area contributed by atoms with Crippen LogP contribution in [-0.2, 0) is 24.3 Å². The second kappa shape index (κ2) is 9.54. The lowest BCUT2D eigenvalue weighted by molar-refractivity contribution is -0.142. The SMILES string of the molecule is COC(=O)COc1ccc(NC(=O)CN(C)S(=O)(=O)c2ccc(Cl)cc2)cc1. The van der Waals surface area contributed by atoms with E-state index in [2.05, 4.69) is 10.1 Å². The van der Waals surface area contributed by atoms with Gasteiger partial charge < -0.3 is 14.8 Å². The number of esters is 1. The summed E-state index contributed by atoms with van der Waals surface area (Å²) in [4.78, 5) is 23.2. The van der Waals surface area contributed by atoms with Gasteiger partial charge in [-0.05, 0) is 48.5 Å². The Morgan fingerprint density at radius 3 is 2.25 bits per heavy atom.